The van der Waals surface area contributed by atoms with Crippen LogP contribution >= 0.6 is 11.3 Å². The number of thiophene rings is 1. The molecule has 1 aliphatic heterocycles. The molecule has 0 bridgehead atoms. The smallest absolute Gasteiger partial charge is 0.155 e. The molecular formula is C16H18N4S. The Morgan fingerprint density at radius 2 is 2.05 bits per heavy atom. The molecule has 1 saturated heterocycles. The normalized spacial score (nSPS) is 17.6. The van der Waals surface area contributed by atoms with Crippen molar-refractivity contribution in [1.82, 2.24) is 19.5 Å². The van der Waals surface area contributed by atoms with Gasteiger partial charge >= 0.3 is 0 Å². The number of fused-ring (bicyclic) bond motifs is 1. The van der Waals surface area contributed by atoms with E-state index in [1.54, 1.807) is 11.3 Å². The molecule has 108 valence electrons. The Bertz CT molecular complexity index is 739. The fraction of sp³-hybridized carbons (Fsp3) is 0.375. The van der Waals surface area contributed by atoms with Crippen LogP contribution in [0.1, 0.15) is 24.6 Å². The fourth-order valence-electron chi connectivity index (χ4n) is 2.93. The molecule has 21 heavy (non-hydrogen) atoms. The molecule has 0 atom stereocenters. The van der Waals surface area contributed by atoms with E-state index in [0.717, 1.165) is 37.4 Å². The van der Waals surface area contributed by atoms with E-state index < -0.39 is 0 Å². The number of nitrogens with zero attached hydrogens (tertiary/aromatic N) is 4. The maximum absolute atomic E-state index is 4.72. The SMILES string of the molecule is CN1CCC(c2nc3ccc(-c4cccs4)cn3n2)CC1. The maximum atomic E-state index is 4.72. The third-order valence-electron chi connectivity index (χ3n) is 4.24. The molecule has 0 spiro atoms. The summed E-state index contributed by atoms with van der Waals surface area (Å²) in [6, 6.07) is 8.42. The number of pyridine rings is 1. The minimum atomic E-state index is 0.506. The second kappa shape index (κ2) is 5.24. The number of aromatic nitrogens is 3. The van der Waals surface area contributed by atoms with Crippen molar-refractivity contribution in [2.45, 2.75) is 18.8 Å². The van der Waals surface area contributed by atoms with Crippen LogP contribution in [0.5, 0.6) is 0 Å². The average molecular weight is 298 g/mol. The fourth-order valence-corrected chi connectivity index (χ4v) is 3.65. The summed E-state index contributed by atoms with van der Waals surface area (Å²) in [7, 11) is 2.18. The summed E-state index contributed by atoms with van der Waals surface area (Å²) in [4.78, 5) is 8.37. The molecule has 0 unspecified atom stereocenters. The third kappa shape index (κ3) is 2.47. The van der Waals surface area contributed by atoms with Crippen molar-refractivity contribution in [3.8, 4) is 10.4 Å². The quantitative estimate of drug-likeness (QED) is 0.728. The first-order valence-corrected chi connectivity index (χ1v) is 8.26. The van der Waals surface area contributed by atoms with Crippen LogP contribution in [-0.2, 0) is 0 Å². The molecule has 3 aromatic rings. The first-order valence-electron chi connectivity index (χ1n) is 7.38. The lowest BCUT2D eigenvalue weighted by Crippen LogP contribution is -2.29. The molecule has 0 radical (unpaired) electrons. The molecule has 0 amide bonds. The van der Waals surface area contributed by atoms with Gasteiger partial charge in [0.1, 0.15) is 0 Å². The highest BCUT2D eigenvalue weighted by Crippen LogP contribution is 2.27. The van der Waals surface area contributed by atoms with Crippen molar-refractivity contribution < 1.29 is 0 Å². The summed E-state index contributed by atoms with van der Waals surface area (Å²) >= 11 is 1.75. The first-order chi connectivity index (χ1) is 10.3. The summed E-state index contributed by atoms with van der Waals surface area (Å²) in [6.45, 7) is 2.28. The molecule has 4 nitrogen and oxygen atoms in total. The zero-order valence-electron chi connectivity index (χ0n) is 12.1. The lowest BCUT2D eigenvalue weighted by atomic mass is 9.97. The van der Waals surface area contributed by atoms with Gasteiger partial charge < -0.3 is 4.90 Å². The number of hydrogen-bond donors (Lipinski definition) is 0. The zero-order valence-corrected chi connectivity index (χ0v) is 12.9. The highest BCUT2D eigenvalue weighted by Gasteiger charge is 2.22. The number of likely N-dealkylation sites (tertiary alicyclic amines) is 1. The molecular weight excluding hydrogens is 280 g/mol. The van der Waals surface area contributed by atoms with Gasteiger partial charge in [0.15, 0.2) is 11.5 Å². The van der Waals surface area contributed by atoms with Crippen LogP contribution in [0.15, 0.2) is 35.8 Å². The lowest BCUT2D eigenvalue weighted by Gasteiger charge is -2.26. The summed E-state index contributed by atoms with van der Waals surface area (Å²) in [5.41, 5.74) is 2.15. The van der Waals surface area contributed by atoms with Gasteiger partial charge in [0, 0.05) is 22.6 Å². The third-order valence-corrected chi connectivity index (χ3v) is 5.16. The highest BCUT2D eigenvalue weighted by molar-refractivity contribution is 7.13. The number of piperidine rings is 1. The minimum Gasteiger partial charge on any atom is -0.306 e. The Kier molecular flexibility index (Phi) is 3.24. The van der Waals surface area contributed by atoms with Gasteiger partial charge in [0.05, 0.1) is 0 Å². The molecule has 1 fully saturated rings. The highest BCUT2D eigenvalue weighted by atomic mass is 32.1. The summed E-state index contributed by atoms with van der Waals surface area (Å²) < 4.78 is 1.93. The predicted octanol–water partition coefficient (Wildman–Crippen LogP) is 3.27. The van der Waals surface area contributed by atoms with Gasteiger partial charge in [-0.25, -0.2) is 9.50 Å². The van der Waals surface area contributed by atoms with Crippen LogP contribution in [0.4, 0.5) is 0 Å². The molecule has 1 aliphatic rings. The van der Waals surface area contributed by atoms with E-state index in [0.29, 0.717) is 5.92 Å². The van der Waals surface area contributed by atoms with Gasteiger partial charge in [-0.05, 0) is 56.6 Å². The van der Waals surface area contributed by atoms with E-state index in [2.05, 4.69) is 47.8 Å². The van der Waals surface area contributed by atoms with Crippen molar-refractivity contribution >= 4 is 17.0 Å². The largest absolute Gasteiger partial charge is 0.306 e. The standard InChI is InChI=1S/C16H18N4S/c1-19-8-6-12(7-9-19)16-17-15-5-4-13(11-20(15)18-16)14-3-2-10-21-14/h2-5,10-12H,6-9H2,1H3. The molecule has 0 aliphatic carbocycles. The molecule has 0 saturated carbocycles. The van der Waals surface area contributed by atoms with Gasteiger partial charge in [-0.2, -0.15) is 5.10 Å². The minimum absolute atomic E-state index is 0.506. The Hall–Kier alpha value is -1.72. The van der Waals surface area contributed by atoms with E-state index in [9.17, 15) is 0 Å². The first kappa shape index (κ1) is 13.0. The van der Waals surface area contributed by atoms with Crippen LogP contribution in [0.25, 0.3) is 16.1 Å². The Morgan fingerprint density at radius 3 is 2.81 bits per heavy atom. The molecule has 4 rings (SSSR count). The van der Waals surface area contributed by atoms with E-state index in [4.69, 9.17) is 10.1 Å². The molecule has 0 N–H and O–H groups in total. The summed E-state index contributed by atoms with van der Waals surface area (Å²) in [6.07, 6.45) is 4.41. The van der Waals surface area contributed by atoms with Crippen LogP contribution < -0.4 is 0 Å². The molecule has 5 heteroatoms. The molecule has 3 aromatic heterocycles. The van der Waals surface area contributed by atoms with E-state index in [-0.39, 0.29) is 0 Å². The molecule has 4 heterocycles. The van der Waals surface area contributed by atoms with Crippen LogP contribution in [0.3, 0.4) is 0 Å². The summed E-state index contributed by atoms with van der Waals surface area (Å²) in [5.74, 6) is 1.51. The van der Waals surface area contributed by atoms with Gasteiger partial charge in [-0.15, -0.1) is 11.3 Å². The van der Waals surface area contributed by atoms with E-state index in [1.807, 2.05) is 4.52 Å². The number of rotatable bonds is 2. The lowest BCUT2D eigenvalue weighted by molar-refractivity contribution is 0.251. The van der Waals surface area contributed by atoms with Crippen molar-refractivity contribution in [3.05, 3.63) is 41.7 Å². The van der Waals surface area contributed by atoms with Crippen molar-refractivity contribution in [1.29, 1.82) is 0 Å². The van der Waals surface area contributed by atoms with Gasteiger partial charge in [-0.1, -0.05) is 6.07 Å². The zero-order chi connectivity index (χ0) is 14.2. The van der Waals surface area contributed by atoms with Crippen molar-refractivity contribution in [3.63, 3.8) is 0 Å². The molecule has 0 aromatic carbocycles. The van der Waals surface area contributed by atoms with Crippen molar-refractivity contribution in [2.75, 3.05) is 20.1 Å². The van der Waals surface area contributed by atoms with Crippen LogP contribution in [-0.4, -0.2) is 39.6 Å². The van der Waals surface area contributed by atoms with Gasteiger partial charge in [-0.3, -0.25) is 0 Å². The van der Waals surface area contributed by atoms with E-state index >= 15 is 0 Å². The van der Waals surface area contributed by atoms with Gasteiger partial charge in [0.2, 0.25) is 0 Å². The van der Waals surface area contributed by atoms with Gasteiger partial charge in [0.25, 0.3) is 0 Å². The second-order valence-electron chi connectivity index (χ2n) is 5.75. The monoisotopic (exact) mass is 298 g/mol. The Balaban J connectivity index is 1.67. The van der Waals surface area contributed by atoms with E-state index in [1.165, 1.54) is 10.4 Å². The van der Waals surface area contributed by atoms with Crippen molar-refractivity contribution in [2.24, 2.45) is 0 Å². The Morgan fingerprint density at radius 1 is 1.19 bits per heavy atom. The van der Waals surface area contributed by atoms with Crippen LogP contribution in [0.2, 0.25) is 0 Å². The number of hydrogen-bond acceptors (Lipinski definition) is 4. The second-order valence-corrected chi connectivity index (χ2v) is 6.69. The average Bonchev–Trinajstić information content (AvgIpc) is 3.16. The topological polar surface area (TPSA) is 33.4 Å². The van der Waals surface area contributed by atoms with Crippen LogP contribution in [0, 0.1) is 0 Å². The maximum Gasteiger partial charge on any atom is 0.155 e. The Labute approximate surface area is 128 Å². The summed E-state index contributed by atoms with van der Waals surface area (Å²) in [5, 5.41) is 6.83. The predicted molar refractivity (Wildman–Crippen MR) is 85.8 cm³/mol.